The van der Waals surface area contributed by atoms with Crippen LogP contribution in [0.4, 0.5) is 39.8 Å². The molecule has 0 saturated carbocycles. The van der Waals surface area contributed by atoms with E-state index in [4.69, 9.17) is 0 Å². The maximum Gasteiger partial charge on any atom is 0.425 e. The minimum atomic E-state index is -5.97. The van der Waals surface area contributed by atoms with Gasteiger partial charge in [0, 0.05) is 0 Å². The van der Waals surface area contributed by atoms with Gasteiger partial charge < -0.3 is 0 Å². The van der Waals surface area contributed by atoms with Gasteiger partial charge in [-0.2, -0.15) is 22.0 Å². The third-order valence-corrected chi connectivity index (χ3v) is 1.42. The molecule has 0 fully saturated rings. The summed E-state index contributed by atoms with van der Waals surface area (Å²) in [5, 5.41) is 0. The summed E-state index contributed by atoms with van der Waals surface area (Å²) < 4.78 is 90.3. The molecule has 0 spiro atoms. The molecule has 9 heteroatoms. The highest BCUT2D eigenvalue weighted by Gasteiger charge is 2.61. The number of hydrogen-bond acceptors (Lipinski definition) is 0. The van der Waals surface area contributed by atoms with Crippen LogP contribution in [-0.4, -0.2) is 24.7 Å². The molecule has 0 N–H and O–H groups in total. The normalized spacial score (nSPS) is 13.6. The lowest BCUT2D eigenvalue weighted by Gasteiger charge is -2.21. The van der Waals surface area contributed by atoms with Crippen molar-refractivity contribution in [2.75, 3.05) is 0 Å². The lowest BCUT2D eigenvalue weighted by Crippen LogP contribution is -2.46. The van der Waals surface area contributed by atoms with Crippen molar-refractivity contribution in [1.29, 1.82) is 0 Å². The first-order valence-electron chi connectivity index (χ1n) is 4.38. The van der Waals surface area contributed by atoms with Crippen molar-refractivity contribution in [2.24, 2.45) is 0 Å². The van der Waals surface area contributed by atoms with Crippen molar-refractivity contribution in [2.45, 2.75) is 51.4 Å². The van der Waals surface area contributed by atoms with Gasteiger partial charge in [-0.1, -0.05) is 26.7 Å². The van der Waals surface area contributed by atoms with E-state index in [-0.39, 0.29) is 4.70 Å². The van der Waals surface area contributed by atoms with Gasteiger partial charge in [-0.3, -0.25) is 4.70 Å². The standard InChI is InChI=1S/C4H2F8.C4H10.FH/c5-1(4(10,11)12)3(8,9)2(6)7;1-3-4-2;/h1-2H;3-4H2,1-2H3;1H. The topological polar surface area (TPSA) is 0 Å². The van der Waals surface area contributed by atoms with Crippen LogP contribution in [0, 0.1) is 0 Å². The molecule has 17 heavy (non-hydrogen) atoms. The van der Waals surface area contributed by atoms with Gasteiger partial charge >= 0.3 is 18.5 Å². The Bertz CT molecular complexity index is 172. The molecule has 0 radical (unpaired) electrons. The van der Waals surface area contributed by atoms with Crippen LogP contribution < -0.4 is 0 Å². The molecule has 1 atom stereocenters. The summed E-state index contributed by atoms with van der Waals surface area (Å²) in [6.07, 6.45) is -12.8. The van der Waals surface area contributed by atoms with Gasteiger partial charge in [-0.25, -0.2) is 13.2 Å². The first-order valence-corrected chi connectivity index (χ1v) is 4.38. The van der Waals surface area contributed by atoms with Crippen LogP contribution in [0.15, 0.2) is 0 Å². The molecule has 0 aliphatic carbocycles. The molecule has 0 aromatic rings. The molecule has 0 aromatic heterocycles. The predicted octanol–water partition coefficient (Wildman–Crippen LogP) is 4.75. The quantitative estimate of drug-likeness (QED) is 0.655. The molecule has 0 aromatic carbocycles. The molecule has 108 valence electrons. The molecular weight excluding hydrogens is 267 g/mol. The Morgan fingerprint density at radius 2 is 1.12 bits per heavy atom. The van der Waals surface area contributed by atoms with Gasteiger partial charge in [0.25, 0.3) is 6.17 Å². The lowest BCUT2D eigenvalue weighted by atomic mass is 10.2. The molecule has 0 rings (SSSR count). The van der Waals surface area contributed by atoms with Crippen LogP contribution in [-0.2, 0) is 0 Å². The molecule has 0 nitrogen and oxygen atoms in total. The van der Waals surface area contributed by atoms with E-state index >= 15 is 0 Å². The highest BCUT2D eigenvalue weighted by molar-refractivity contribution is 4.84. The summed E-state index contributed by atoms with van der Waals surface area (Å²) in [4.78, 5) is 0. The largest absolute Gasteiger partial charge is 0.425 e. The fourth-order valence-electron chi connectivity index (χ4n) is 0.329. The molecule has 0 amide bonds. The van der Waals surface area contributed by atoms with Crippen LogP contribution in [0.2, 0.25) is 0 Å². The Morgan fingerprint density at radius 3 is 1.18 bits per heavy atom. The molecule has 0 bridgehead atoms. The SMILES string of the molecule is CCCC.F.FC(F)C(F)(F)C(F)C(F)(F)F. The van der Waals surface area contributed by atoms with Crippen molar-refractivity contribution in [3.8, 4) is 0 Å². The van der Waals surface area contributed by atoms with E-state index in [0.29, 0.717) is 0 Å². The van der Waals surface area contributed by atoms with E-state index in [1.165, 1.54) is 12.8 Å². The molecule has 0 saturated heterocycles. The van der Waals surface area contributed by atoms with E-state index in [1.54, 1.807) is 0 Å². The maximum atomic E-state index is 11.6. The van der Waals surface area contributed by atoms with Crippen molar-refractivity contribution < 1.29 is 39.8 Å². The van der Waals surface area contributed by atoms with Crippen LogP contribution in [0.5, 0.6) is 0 Å². The second-order valence-corrected chi connectivity index (χ2v) is 2.88. The zero-order chi connectivity index (χ0) is 13.6. The number of rotatable bonds is 3. The van der Waals surface area contributed by atoms with Crippen LogP contribution >= 0.6 is 0 Å². The van der Waals surface area contributed by atoms with Crippen molar-refractivity contribution in [1.82, 2.24) is 0 Å². The molecule has 0 aliphatic rings. The average Bonchev–Trinajstić information content (AvgIpc) is 2.15. The first kappa shape index (κ1) is 21.6. The summed E-state index contributed by atoms with van der Waals surface area (Å²) in [5.74, 6) is -5.68. The van der Waals surface area contributed by atoms with E-state index in [9.17, 15) is 35.1 Å². The van der Waals surface area contributed by atoms with Crippen LogP contribution in [0.25, 0.3) is 0 Å². The second-order valence-electron chi connectivity index (χ2n) is 2.88. The van der Waals surface area contributed by atoms with Gasteiger partial charge in [0.2, 0.25) is 0 Å². The fourth-order valence-corrected chi connectivity index (χ4v) is 0.329. The predicted molar refractivity (Wildman–Crippen MR) is 45.0 cm³/mol. The summed E-state index contributed by atoms with van der Waals surface area (Å²) in [7, 11) is 0. The van der Waals surface area contributed by atoms with Crippen LogP contribution in [0.3, 0.4) is 0 Å². The van der Waals surface area contributed by atoms with E-state index in [1.807, 2.05) is 0 Å². The first-order chi connectivity index (χ1) is 7.01. The third kappa shape index (κ3) is 8.14. The van der Waals surface area contributed by atoms with Gasteiger partial charge in [0.1, 0.15) is 0 Å². The highest BCUT2D eigenvalue weighted by atomic mass is 19.4. The number of unbranched alkanes of at least 4 members (excludes halogenated alkanes) is 1. The summed E-state index contributed by atoms with van der Waals surface area (Å²) in [5.41, 5.74) is 0. The fraction of sp³-hybridized carbons (Fsp3) is 1.00. The average molecular weight is 280 g/mol. The summed E-state index contributed by atoms with van der Waals surface area (Å²) in [6, 6.07) is 0. The Morgan fingerprint density at radius 1 is 0.824 bits per heavy atom. The van der Waals surface area contributed by atoms with Crippen LogP contribution in [0.1, 0.15) is 26.7 Å². The third-order valence-electron chi connectivity index (χ3n) is 1.42. The summed E-state index contributed by atoms with van der Waals surface area (Å²) >= 11 is 0. The van der Waals surface area contributed by atoms with Crippen molar-refractivity contribution >= 4 is 0 Å². The molecule has 0 heterocycles. The maximum absolute atomic E-state index is 11.6. The van der Waals surface area contributed by atoms with E-state index < -0.39 is 24.7 Å². The Kier molecular flexibility index (Phi) is 10.8. The molecular formula is C8H13F9. The van der Waals surface area contributed by atoms with Gasteiger partial charge in [-0.15, -0.1) is 0 Å². The van der Waals surface area contributed by atoms with Gasteiger partial charge in [0.05, 0.1) is 0 Å². The highest BCUT2D eigenvalue weighted by Crippen LogP contribution is 2.38. The van der Waals surface area contributed by atoms with Gasteiger partial charge in [0.15, 0.2) is 0 Å². The minimum absolute atomic E-state index is 0. The lowest BCUT2D eigenvalue weighted by molar-refractivity contribution is -0.274. The Labute approximate surface area is 92.4 Å². The monoisotopic (exact) mass is 280 g/mol. The van der Waals surface area contributed by atoms with E-state index in [2.05, 4.69) is 13.8 Å². The zero-order valence-electron chi connectivity index (χ0n) is 9.00. The molecule has 0 aliphatic heterocycles. The minimum Gasteiger partial charge on any atom is -0.269 e. The number of halogens is 9. The Hall–Kier alpha value is -0.630. The van der Waals surface area contributed by atoms with Gasteiger partial charge in [-0.05, 0) is 0 Å². The number of alkyl halides is 8. The smallest absolute Gasteiger partial charge is 0.269 e. The molecule has 1 unspecified atom stereocenters. The zero-order valence-corrected chi connectivity index (χ0v) is 9.00. The van der Waals surface area contributed by atoms with E-state index in [0.717, 1.165) is 0 Å². The van der Waals surface area contributed by atoms with Crippen molar-refractivity contribution in [3.63, 3.8) is 0 Å². The number of hydrogen-bond donors (Lipinski definition) is 0. The second kappa shape index (κ2) is 8.46. The Balaban J connectivity index is -0.000000340. The summed E-state index contributed by atoms with van der Waals surface area (Å²) in [6.45, 7) is 4.36. The van der Waals surface area contributed by atoms with Crippen molar-refractivity contribution in [3.05, 3.63) is 0 Å².